The molecule has 2 fully saturated rings. The molecule has 4 heteroatoms. The molecule has 0 spiro atoms. The Morgan fingerprint density at radius 3 is 2.53 bits per heavy atom. The minimum atomic E-state index is -0.107. The molecule has 1 aliphatic carbocycles. The van der Waals surface area contributed by atoms with Crippen molar-refractivity contribution in [1.29, 1.82) is 0 Å². The summed E-state index contributed by atoms with van der Waals surface area (Å²) < 4.78 is 10.1. The number of carbonyl (C=O) groups is 1. The fourth-order valence-corrected chi connectivity index (χ4v) is 2.07. The largest absolute Gasteiger partial charge is 0.468 e. The highest BCUT2D eigenvalue weighted by Crippen LogP contribution is 2.33. The zero-order valence-electron chi connectivity index (χ0n) is 9.20. The summed E-state index contributed by atoms with van der Waals surface area (Å²) in [5.41, 5.74) is 0. The SMILES string of the molecule is COC(=O)C(NC1CCOCC1)C1CC1. The molecule has 2 aliphatic rings. The molecule has 0 aromatic rings. The standard InChI is InChI=1S/C11H19NO3/c1-14-11(13)10(8-2-3-8)12-9-4-6-15-7-5-9/h8-10,12H,2-7H2,1H3. The summed E-state index contributed by atoms with van der Waals surface area (Å²) in [6.07, 6.45) is 4.30. The van der Waals surface area contributed by atoms with E-state index >= 15 is 0 Å². The van der Waals surface area contributed by atoms with Crippen LogP contribution in [-0.4, -0.2) is 38.4 Å². The molecule has 1 atom stereocenters. The predicted molar refractivity (Wildman–Crippen MR) is 55.5 cm³/mol. The smallest absolute Gasteiger partial charge is 0.323 e. The van der Waals surface area contributed by atoms with Gasteiger partial charge in [-0.05, 0) is 31.6 Å². The first-order chi connectivity index (χ1) is 7.31. The second-order valence-corrected chi connectivity index (χ2v) is 4.39. The van der Waals surface area contributed by atoms with Crippen molar-refractivity contribution in [3.8, 4) is 0 Å². The van der Waals surface area contributed by atoms with E-state index in [1.165, 1.54) is 7.11 Å². The van der Waals surface area contributed by atoms with E-state index in [1.54, 1.807) is 0 Å². The summed E-state index contributed by atoms with van der Waals surface area (Å²) in [5, 5.41) is 3.41. The summed E-state index contributed by atoms with van der Waals surface area (Å²) in [6.45, 7) is 1.60. The lowest BCUT2D eigenvalue weighted by Crippen LogP contribution is -2.47. The van der Waals surface area contributed by atoms with E-state index in [4.69, 9.17) is 9.47 Å². The average Bonchev–Trinajstić information content (AvgIpc) is 3.10. The molecule has 1 heterocycles. The summed E-state index contributed by atoms with van der Waals surface area (Å²) in [5.74, 6) is 0.393. The molecule has 15 heavy (non-hydrogen) atoms. The highest BCUT2D eigenvalue weighted by atomic mass is 16.5. The number of hydrogen-bond donors (Lipinski definition) is 1. The minimum absolute atomic E-state index is 0.0851. The van der Waals surface area contributed by atoms with Gasteiger partial charge in [0.1, 0.15) is 6.04 Å². The molecule has 0 aromatic carbocycles. The third-order valence-corrected chi connectivity index (χ3v) is 3.19. The highest BCUT2D eigenvalue weighted by Gasteiger charge is 2.38. The number of rotatable bonds is 4. The lowest BCUT2D eigenvalue weighted by molar-refractivity contribution is -0.144. The molecule has 0 aromatic heterocycles. The Morgan fingerprint density at radius 2 is 2.00 bits per heavy atom. The monoisotopic (exact) mass is 213 g/mol. The second kappa shape index (κ2) is 4.94. The number of ether oxygens (including phenoxy) is 2. The van der Waals surface area contributed by atoms with Gasteiger partial charge < -0.3 is 14.8 Å². The summed E-state index contributed by atoms with van der Waals surface area (Å²) >= 11 is 0. The van der Waals surface area contributed by atoms with Gasteiger partial charge in [0.15, 0.2) is 0 Å². The van der Waals surface area contributed by atoms with Crippen molar-refractivity contribution in [3.63, 3.8) is 0 Å². The van der Waals surface area contributed by atoms with Crippen LogP contribution < -0.4 is 5.32 Å². The number of hydrogen-bond acceptors (Lipinski definition) is 4. The molecule has 0 bridgehead atoms. The Morgan fingerprint density at radius 1 is 1.33 bits per heavy atom. The van der Waals surface area contributed by atoms with Crippen LogP contribution in [-0.2, 0) is 14.3 Å². The molecule has 1 N–H and O–H groups in total. The third kappa shape index (κ3) is 2.92. The van der Waals surface area contributed by atoms with Crippen molar-refractivity contribution in [2.75, 3.05) is 20.3 Å². The van der Waals surface area contributed by atoms with E-state index in [-0.39, 0.29) is 12.0 Å². The van der Waals surface area contributed by atoms with E-state index in [9.17, 15) is 4.79 Å². The Bertz CT molecular complexity index is 222. The van der Waals surface area contributed by atoms with Gasteiger partial charge in [0.25, 0.3) is 0 Å². The van der Waals surface area contributed by atoms with Gasteiger partial charge in [0.2, 0.25) is 0 Å². The van der Waals surface area contributed by atoms with Gasteiger partial charge in [-0.2, -0.15) is 0 Å². The number of esters is 1. The van der Waals surface area contributed by atoms with Gasteiger partial charge in [-0.15, -0.1) is 0 Å². The fourth-order valence-electron chi connectivity index (χ4n) is 2.07. The Balaban J connectivity index is 1.84. The van der Waals surface area contributed by atoms with Crippen LogP contribution in [0.1, 0.15) is 25.7 Å². The molecule has 1 aliphatic heterocycles. The van der Waals surface area contributed by atoms with Crippen molar-refractivity contribution in [2.45, 2.75) is 37.8 Å². The molecule has 2 rings (SSSR count). The van der Waals surface area contributed by atoms with Crippen molar-refractivity contribution in [1.82, 2.24) is 5.32 Å². The lowest BCUT2D eigenvalue weighted by Gasteiger charge is -2.27. The van der Waals surface area contributed by atoms with E-state index < -0.39 is 0 Å². The van der Waals surface area contributed by atoms with Crippen molar-refractivity contribution >= 4 is 5.97 Å². The first kappa shape index (κ1) is 10.9. The van der Waals surface area contributed by atoms with Crippen LogP contribution in [0.3, 0.4) is 0 Å². The third-order valence-electron chi connectivity index (χ3n) is 3.19. The van der Waals surface area contributed by atoms with Crippen LogP contribution in [0, 0.1) is 5.92 Å². The summed E-state index contributed by atoms with van der Waals surface area (Å²) in [6, 6.07) is 0.335. The summed E-state index contributed by atoms with van der Waals surface area (Å²) in [4.78, 5) is 11.6. The topological polar surface area (TPSA) is 47.6 Å². The van der Waals surface area contributed by atoms with Gasteiger partial charge in [-0.1, -0.05) is 0 Å². The number of carbonyl (C=O) groups excluding carboxylic acids is 1. The van der Waals surface area contributed by atoms with E-state index in [0.29, 0.717) is 12.0 Å². The van der Waals surface area contributed by atoms with Crippen molar-refractivity contribution in [3.05, 3.63) is 0 Å². The van der Waals surface area contributed by atoms with E-state index in [2.05, 4.69) is 5.32 Å². The summed E-state index contributed by atoms with van der Waals surface area (Å²) in [7, 11) is 1.46. The van der Waals surface area contributed by atoms with Crippen LogP contribution in [0.4, 0.5) is 0 Å². The van der Waals surface area contributed by atoms with E-state index in [1.807, 2.05) is 0 Å². The Labute approximate surface area is 90.3 Å². The van der Waals surface area contributed by atoms with Gasteiger partial charge in [-0.3, -0.25) is 4.79 Å². The van der Waals surface area contributed by atoms with Gasteiger partial charge in [0.05, 0.1) is 7.11 Å². The van der Waals surface area contributed by atoms with Gasteiger partial charge >= 0.3 is 5.97 Å². The van der Waals surface area contributed by atoms with Crippen molar-refractivity contribution in [2.24, 2.45) is 5.92 Å². The van der Waals surface area contributed by atoms with E-state index in [0.717, 1.165) is 38.9 Å². The maximum Gasteiger partial charge on any atom is 0.323 e. The van der Waals surface area contributed by atoms with Crippen LogP contribution in [0.25, 0.3) is 0 Å². The van der Waals surface area contributed by atoms with Gasteiger partial charge in [-0.25, -0.2) is 0 Å². The quantitative estimate of drug-likeness (QED) is 0.699. The maximum absolute atomic E-state index is 11.6. The lowest BCUT2D eigenvalue weighted by atomic mass is 10.1. The Hall–Kier alpha value is -0.610. The molecule has 1 saturated carbocycles. The molecular formula is C11H19NO3. The number of nitrogens with one attached hydrogen (secondary N) is 1. The highest BCUT2D eigenvalue weighted by molar-refractivity contribution is 5.76. The average molecular weight is 213 g/mol. The molecule has 0 radical (unpaired) electrons. The van der Waals surface area contributed by atoms with Crippen LogP contribution in [0.5, 0.6) is 0 Å². The molecule has 1 unspecified atom stereocenters. The fraction of sp³-hybridized carbons (Fsp3) is 0.909. The molecule has 1 saturated heterocycles. The first-order valence-corrected chi connectivity index (χ1v) is 5.73. The normalized spacial score (nSPS) is 24.9. The predicted octanol–water partition coefficient (Wildman–Crippen LogP) is 0.707. The van der Waals surface area contributed by atoms with Crippen LogP contribution in [0.15, 0.2) is 0 Å². The maximum atomic E-state index is 11.6. The van der Waals surface area contributed by atoms with Crippen LogP contribution in [0.2, 0.25) is 0 Å². The van der Waals surface area contributed by atoms with Gasteiger partial charge in [0, 0.05) is 19.3 Å². The first-order valence-electron chi connectivity index (χ1n) is 5.73. The van der Waals surface area contributed by atoms with Crippen molar-refractivity contribution < 1.29 is 14.3 Å². The molecule has 0 amide bonds. The zero-order valence-corrected chi connectivity index (χ0v) is 9.20. The molecule has 4 nitrogen and oxygen atoms in total. The zero-order chi connectivity index (χ0) is 10.7. The second-order valence-electron chi connectivity index (χ2n) is 4.39. The number of methoxy groups -OCH3 is 1. The minimum Gasteiger partial charge on any atom is -0.468 e. The Kier molecular flexibility index (Phi) is 3.59. The molecular weight excluding hydrogens is 194 g/mol. The van der Waals surface area contributed by atoms with Crippen LogP contribution >= 0.6 is 0 Å². The molecule has 86 valence electrons.